The molecule has 1 unspecified atom stereocenters. The van der Waals surface area contributed by atoms with E-state index in [-0.39, 0.29) is 17.5 Å². The third kappa shape index (κ3) is 4.29. The fourth-order valence-corrected chi connectivity index (χ4v) is 4.94. The van der Waals surface area contributed by atoms with Crippen LogP contribution in [0.5, 0.6) is 0 Å². The van der Waals surface area contributed by atoms with Crippen LogP contribution in [0.1, 0.15) is 47.1 Å². The summed E-state index contributed by atoms with van der Waals surface area (Å²) in [5.74, 6) is 0.650. The molecule has 0 bridgehead atoms. The van der Waals surface area contributed by atoms with Crippen molar-refractivity contribution in [2.24, 2.45) is 0 Å². The van der Waals surface area contributed by atoms with E-state index in [0.29, 0.717) is 29.6 Å². The number of aryl methyl sites for hydroxylation is 2. The van der Waals surface area contributed by atoms with Gasteiger partial charge in [-0.1, -0.05) is 61.4 Å². The quantitative estimate of drug-likeness (QED) is 0.509. The van der Waals surface area contributed by atoms with Gasteiger partial charge in [0.1, 0.15) is 5.82 Å². The molecule has 1 atom stereocenters. The Morgan fingerprint density at radius 3 is 2.86 bits per heavy atom. The third-order valence-electron chi connectivity index (χ3n) is 6.87. The van der Waals surface area contributed by atoms with Crippen molar-refractivity contribution in [2.45, 2.75) is 45.7 Å². The summed E-state index contributed by atoms with van der Waals surface area (Å²) >= 11 is 0. The molecule has 1 aliphatic carbocycles. The average molecular weight is 477 g/mol. The number of amides is 1. The molecule has 180 valence electrons. The van der Waals surface area contributed by atoms with E-state index in [4.69, 9.17) is 4.98 Å². The SMILES string of the molecule is CCCCc1nc2ccc(C)cc2c(=O)n1CC1=CC2=CCN(C(=O)c3ccccc3C#N)C2C=C1. The maximum atomic E-state index is 13.5. The van der Waals surface area contributed by atoms with Crippen molar-refractivity contribution in [3.05, 3.63) is 111 Å². The number of benzene rings is 2. The van der Waals surface area contributed by atoms with Crippen molar-refractivity contribution in [1.82, 2.24) is 14.5 Å². The number of fused-ring (bicyclic) bond motifs is 2. The average Bonchev–Trinajstić information content (AvgIpc) is 3.32. The first kappa shape index (κ1) is 23.5. The summed E-state index contributed by atoms with van der Waals surface area (Å²) in [4.78, 5) is 33.4. The molecule has 0 radical (unpaired) electrons. The molecule has 0 spiro atoms. The Kier molecular flexibility index (Phi) is 6.39. The molecule has 2 aromatic carbocycles. The Balaban J connectivity index is 1.43. The predicted octanol–water partition coefficient (Wildman–Crippen LogP) is 4.87. The number of carbonyl (C=O) groups is 1. The van der Waals surface area contributed by atoms with Gasteiger partial charge in [-0.25, -0.2) is 4.98 Å². The molecule has 6 heteroatoms. The van der Waals surface area contributed by atoms with E-state index in [0.717, 1.165) is 47.3 Å². The fourth-order valence-electron chi connectivity index (χ4n) is 4.94. The van der Waals surface area contributed by atoms with Crippen LogP contribution in [-0.4, -0.2) is 32.9 Å². The molecule has 1 aromatic heterocycles. The van der Waals surface area contributed by atoms with Crippen LogP contribution >= 0.6 is 0 Å². The highest BCUT2D eigenvalue weighted by molar-refractivity contribution is 5.97. The van der Waals surface area contributed by atoms with Crippen LogP contribution in [-0.2, 0) is 13.0 Å². The number of rotatable bonds is 6. The highest BCUT2D eigenvalue weighted by Gasteiger charge is 2.31. The molecule has 0 fully saturated rings. The van der Waals surface area contributed by atoms with Crippen LogP contribution in [0.4, 0.5) is 0 Å². The summed E-state index contributed by atoms with van der Waals surface area (Å²) in [6.07, 6.45) is 10.9. The first-order chi connectivity index (χ1) is 17.5. The Morgan fingerprint density at radius 2 is 2.06 bits per heavy atom. The number of allylic oxidation sites excluding steroid dienone is 2. The van der Waals surface area contributed by atoms with Gasteiger partial charge in [-0.05, 0) is 48.8 Å². The lowest BCUT2D eigenvalue weighted by atomic mass is 9.97. The largest absolute Gasteiger partial charge is 0.324 e. The van der Waals surface area contributed by atoms with Crippen molar-refractivity contribution in [3.63, 3.8) is 0 Å². The smallest absolute Gasteiger partial charge is 0.261 e. The Morgan fingerprint density at radius 1 is 1.22 bits per heavy atom. The van der Waals surface area contributed by atoms with E-state index in [9.17, 15) is 14.9 Å². The number of hydrogen-bond donors (Lipinski definition) is 0. The van der Waals surface area contributed by atoms with Gasteiger partial charge < -0.3 is 4.90 Å². The molecule has 1 aliphatic heterocycles. The Hall–Kier alpha value is -4.24. The zero-order valence-electron chi connectivity index (χ0n) is 20.6. The summed E-state index contributed by atoms with van der Waals surface area (Å²) in [5.41, 5.74) is 4.59. The minimum Gasteiger partial charge on any atom is -0.324 e. The summed E-state index contributed by atoms with van der Waals surface area (Å²) in [5, 5.41) is 10.0. The summed E-state index contributed by atoms with van der Waals surface area (Å²) in [6, 6.07) is 14.7. The summed E-state index contributed by atoms with van der Waals surface area (Å²) in [6.45, 7) is 5.02. The summed E-state index contributed by atoms with van der Waals surface area (Å²) in [7, 11) is 0. The molecule has 0 saturated heterocycles. The van der Waals surface area contributed by atoms with Crippen molar-refractivity contribution in [2.75, 3.05) is 6.54 Å². The first-order valence-corrected chi connectivity index (χ1v) is 12.4. The van der Waals surface area contributed by atoms with Gasteiger partial charge in [0.15, 0.2) is 0 Å². The van der Waals surface area contributed by atoms with Gasteiger partial charge in [-0.3, -0.25) is 14.2 Å². The Labute approximate surface area is 210 Å². The summed E-state index contributed by atoms with van der Waals surface area (Å²) < 4.78 is 1.80. The van der Waals surface area contributed by atoms with Gasteiger partial charge in [-0.2, -0.15) is 5.26 Å². The van der Waals surface area contributed by atoms with E-state index in [1.165, 1.54) is 0 Å². The number of carbonyl (C=O) groups excluding carboxylic acids is 1. The van der Waals surface area contributed by atoms with Gasteiger partial charge in [0.25, 0.3) is 11.5 Å². The molecule has 5 rings (SSSR count). The van der Waals surface area contributed by atoms with Crippen LogP contribution in [0.2, 0.25) is 0 Å². The molecular weight excluding hydrogens is 448 g/mol. The van der Waals surface area contributed by atoms with Gasteiger partial charge in [-0.15, -0.1) is 0 Å². The zero-order chi connectivity index (χ0) is 25.2. The van der Waals surface area contributed by atoms with Crippen molar-refractivity contribution in [1.29, 1.82) is 5.26 Å². The van der Waals surface area contributed by atoms with E-state index in [1.54, 1.807) is 33.7 Å². The van der Waals surface area contributed by atoms with Crippen LogP contribution in [0.25, 0.3) is 10.9 Å². The molecule has 2 aliphatic rings. The maximum Gasteiger partial charge on any atom is 0.261 e. The van der Waals surface area contributed by atoms with Crippen molar-refractivity contribution >= 4 is 16.8 Å². The number of nitriles is 1. The van der Waals surface area contributed by atoms with E-state index in [1.807, 2.05) is 43.4 Å². The second-order valence-electron chi connectivity index (χ2n) is 9.39. The highest BCUT2D eigenvalue weighted by Crippen LogP contribution is 2.29. The lowest BCUT2D eigenvalue weighted by Crippen LogP contribution is -2.37. The van der Waals surface area contributed by atoms with Crippen LogP contribution in [0, 0.1) is 18.3 Å². The van der Waals surface area contributed by atoms with Crippen LogP contribution < -0.4 is 5.56 Å². The molecule has 1 amide bonds. The molecule has 0 N–H and O–H groups in total. The van der Waals surface area contributed by atoms with Gasteiger partial charge >= 0.3 is 0 Å². The van der Waals surface area contributed by atoms with Crippen molar-refractivity contribution in [3.8, 4) is 6.07 Å². The second kappa shape index (κ2) is 9.79. The van der Waals surface area contributed by atoms with E-state index < -0.39 is 0 Å². The van der Waals surface area contributed by atoms with Gasteiger partial charge in [0, 0.05) is 13.0 Å². The van der Waals surface area contributed by atoms with Gasteiger partial charge in [0.05, 0.1) is 40.7 Å². The van der Waals surface area contributed by atoms with E-state index in [2.05, 4.69) is 19.1 Å². The standard InChI is InChI=1S/C30H28N4O2/c1-3-4-9-28-32-26-12-10-20(2)16-25(26)30(36)34(28)19-21-11-13-27-22(17-21)14-15-33(27)29(35)24-8-6-5-7-23(24)18-31/h5-8,10-14,16-17,27H,3-4,9,15,19H2,1-2H3. The molecular formula is C30H28N4O2. The number of aromatic nitrogens is 2. The molecule has 36 heavy (non-hydrogen) atoms. The highest BCUT2D eigenvalue weighted by atomic mass is 16.2. The maximum absolute atomic E-state index is 13.5. The van der Waals surface area contributed by atoms with Gasteiger partial charge in [0.2, 0.25) is 0 Å². The zero-order valence-corrected chi connectivity index (χ0v) is 20.6. The Bertz CT molecular complexity index is 1550. The third-order valence-corrected chi connectivity index (χ3v) is 6.87. The van der Waals surface area contributed by atoms with Crippen LogP contribution in [0.15, 0.2) is 82.7 Å². The molecule has 6 nitrogen and oxygen atoms in total. The minimum atomic E-state index is -0.179. The lowest BCUT2D eigenvalue weighted by Gasteiger charge is -2.27. The van der Waals surface area contributed by atoms with E-state index >= 15 is 0 Å². The minimum absolute atomic E-state index is 0.0171. The number of hydrogen-bond acceptors (Lipinski definition) is 4. The fraction of sp³-hybridized carbons (Fsp3) is 0.267. The normalized spacial score (nSPS) is 16.5. The number of nitrogens with zero attached hydrogens (tertiary/aromatic N) is 4. The molecule has 3 aromatic rings. The number of unbranched alkanes of at least 4 members (excludes halogenated alkanes) is 1. The molecule has 2 heterocycles. The van der Waals surface area contributed by atoms with Crippen LogP contribution in [0.3, 0.4) is 0 Å². The first-order valence-electron chi connectivity index (χ1n) is 12.4. The lowest BCUT2D eigenvalue weighted by molar-refractivity contribution is 0.0768. The second-order valence-corrected chi connectivity index (χ2v) is 9.39. The predicted molar refractivity (Wildman–Crippen MR) is 141 cm³/mol. The molecule has 0 saturated carbocycles. The van der Waals surface area contributed by atoms with Crippen molar-refractivity contribution < 1.29 is 4.79 Å². The monoisotopic (exact) mass is 476 g/mol. The topological polar surface area (TPSA) is 79.0 Å².